The number of rotatable bonds is 7. The minimum atomic E-state index is -0.0232. The monoisotopic (exact) mass is 489 g/mol. The van der Waals surface area contributed by atoms with Crippen molar-refractivity contribution in [1.29, 1.82) is 0 Å². The minimum absolute atomic E-state index is 0.0232. The van der Waals surface area contributed by atoms with Crippen molar-refractivity contribution in [1.82, 2.24) is 40.1 Å². The Morgan fingerprint density at radius 3 is 2.81 bits per heavy atom. The van der Waals surface area contributed by atoms with Crippen LogP contribution in [0.5, 0.6) is 0 Å². The Bertz CT molecular complexity index is 1720. The third kappa shape index (κ3) is 4.40. The molecule has 182 valence electrons. The topological polar surface area (TPSA) is 138 Å². The molecule has 6 aromatic rings. The Morgan fingerprint density at radius 1 is 1.00 bits per heavy atom. The van der Waals surface area contributed by atoms with Gasteiger partial charge in [-0.15, -0.1) is 0 Å². The number of carbonyl (C=O) groups is 1. The van der Waals surface area contributed by atoms with Crippen LogP contribution >= 0.6 is 0 Å². The van der Waals surface area contributed by atoms with E-state index < -0.39 is 0 Å². The van der Waals surface area contributed by atoms with Gasteiger partial charge in [-0.05, 0) is 36.8 Å². The molecular formula is C27H23N9O. The molecular weight excluding hydrogens is 466 g/mol. The summed E-state index contributed by atoms with van der Waals surface area (Å²) >= 11 is 0. The predicted octanol–water partition coefficient (Wildman–Crippen LogP) is 5.15. The van der Waals surface area contributed by atoms with E-state index in [0.717, 1.165) is 46.1 Å². The van der Waals surface area contributed by atoms with E-state index in [2.05, 4.69) is 47.4 Å². The number of pyridine rings is 4. The Labute approximate surface area is 211 Å². The van der Waals surface area contributed by atoms with Crippen LogP contribution in [0.2, 0.25) is 0 Å². The van der Waals surface area contributed by atoms with Gasteiger partial charge in [-0.3, -0.25) is 24.8 Å². The number of hydrogen-bond acceptors (Lipinski definition) is 7. The van der Waals surface area contributed by atoms with Crippen molar-refractivity contribution in [2.24, 2.45) is 0 Å². The second-order valence-electron chi connectivity index (χ2n) is 8.66. The van der Waals surface area contributed by atoms with Gasteiger partial charge < -0.3 is 10.3 Å². The number of amides is 1. The van der Waals surface area contributed by atoms with E-state index in [9.17, 15) is 4.79 Å². The molecule has 10 nitrogen and oxygen atoms in total. The molecule has 0 atom stereocenters. The smallest absolute Gasteiger partial charge is 0.224 e. The molecule has 3 N–H and O–H groups in total. The van der Waals surface area contributed by atoms with Crippen LogP contribution in [0.1, 0.15) is 26.2 Å². The number of aromatic amines is 2. The molecule has 37 heavy (non-hydrogen) atoms. The standard InChI is InChI=1S/C27H23N9O/c1-2-3-7-23(37)32-17-11-16(13-28-14-17)21-12-19-22(15-31-21)35-36-25(19)27-33-24-18(8-10-30-26(24)34-27)20-6-4-5-9-29-20/h4-6,8-15H,2-3,7H2,1H3,(H,32,37)(H,35,36)(H,30,33,34). The zero-order valence-corrected chi connectivity index (χ0v) is 20.1. The number of aromatic nitrogens is 8. The van der Waals surface area contributed by atoms with Crippen molar-refractivity contribution in [2.75, 3.05) is 5.32 Å². The maximum Gasteiger partial charge on any atom is 0.224 e. The number of H-pyrrole nitrogens is 2. The summed E-state index contributed by atoms with van der Waals surface area (Å²) in [5, 5.41) is 11.3. The first-order chi connectivity index (χ1) is 18.2. The normalized spacial score (nSPS) is 11.3. The van der Waals surface area contributed by atoms with Crippen LogP contribution in [0.3, 0.4) is 0 Å². The fourth-order valence-corrected chi connectivity index (χ4v) is 4.22. The molecule has 0 radical (unpaired) electrons. The Balaban J connectivity index is 1.37. The van der Waals surface area contributed by atoms with Crippen molar-refractivity contribution in [3.8, 4) is 34.0 Å². The average molecular weight is 490 g/mol. The minimum Gasteiger partial charge on any atom is -0.335 e. The third-order valence-corrected chi connectivity index (χ3v) is 6.08. The number of unbranched alkanes of at least 4 members (excludes halogenated alkanes) is 1. The molecule has 0 spiro atoms. The van der Waals surface area contributed by atoms with Crippen LogP contribution in [0.4, 0.5) is 5.69 Å². The highest BCUT2D eigenvalue weighted by molar-refractivity contribution is 5.96. The summed E-state index contributed by atoms with van der Waals surface area (Å²) in [6.45, 7) is 2.06. The molecule has 0 aliphatic rings. The van der Waals surface area contributed by atoms with E-state index in [1.54, 1.807) is 31.0 Å². The first kappa shape index (κ1) is 22.5. The van der Waals surface area contributed by atoms with E-state index in [0.29, 0.717) is 35.0 Å². The van der Waals surface area contributed by atoms with Gasteiger partial charge in [0.1, 0.15) is 5.69 Å². The van der Waals surface area contributed by atoms with Crippen molar-refractivity contribution in [3.05, 3.63) is 67.4 Å². The molecule has 6 aromatic heterocycles. The average Bonchev–Trinajstić information content (AvgIpc) is 3.56. The van der Waals surface area contributed by atoms with Crippen LogP contribution < -0.4 is 5.32 Å². The van der Waals surface area contributed by atoms with Gasteiger partial charge in [0, 0.05) is 41.5 Å². The molecule has 0 bridgehead atoms. The van der Waals surface area contributed by atoms with Gasteiger partial charge in [0.25, 0.3) is 0 Å². The molecule has 0 unspecified atom stereocenters. The van der Waals surface area contributed by atoms with E-state index in [-0.39, 0.29) is 5.91 Å². The Kier molecular flexibility index (Phi) is 5.81. The predicted molar refractivity (Wildman–Crippen MR) is 141 cm³/mol. The summed E-state index contributed by atoms with van der Waals surface area (Å²) in [5.74, 6) is 0.564. The molecule has 0 aliphatic carbocycles. The van der Waals surface area contributed by atoms with Crippen LogP contribution in [-0.2, 0) is 4.79 Å². The van der Waals surface area contributed by atoms with Gasteiger partial charge >= 0.3 is 0 Å². The Morgan fingerprint density at radius 2 is 1.95 bits per heavy atom. The second kappa shape index (κ2) is 9.57. The molecule has 0 fully saturated rings. The van der Waals surface area contributed by atoms with Gasteiger partial charge in [-0.1, -0.05) is 19.4 Å². The number of carbonyl (C=O) groups excluding carboxylic acids is 1. The van der Waals surface area contributed by atoms with Crippen LogP contribution in [0.25, 0.3) is 56.1 Å². The van der Waals surface area contributed by atoms with E-state index in [1.807, 2.05) is 36.4 Å². The highest BCUT2D eigenvalue weighted by Crippen LogP contribution is 2.31. The van der Waals surface area contributed by atoms with Crippen molar-refractivity contribution in [3.63, 3.8) is 0 Å². The number of fused-ring (bicyclic) bond motifs is 2. The van der Waals surface area contributed by atoms with Gasteiger partial charge in [0.05, 0.1) is 40.5 Å². The zero-order chi connectivity index (χ0) is 25.2. The van der Waals surface area contributed by atoms with Crippen LogP contribution in [0, 0.1) is 0 Å². The highest BCUT2D eigenvalue weighted by Gasteiger charge is 2.17. The summed E-state index contributed by atoms with van der Waals surface area (Å²) < 4.78 is 0. The number of anilines is 1. The molecule has 1 amide bonds. The second-order valence-corrected chi connectivity index (χ2v) is 8.66. The number of hydrogen-bond donors (Lipinski definition) is 3. The largest absolute Gasteiger partial charge is 0.335 e. The fraction of sp³-hybridized carbons (Fsp3) is 0.148. The van der Waals surface area contributed by atoms with E-state index >= 15 is 0 Å². The molecule has 0 aliphatic heterocycles. The lowest BCUT2D eigenvalue weighted by molar-refractivity contribution is -0.116. The molecule has 6 heterocycles. The lowest BCUT2D eigenvalue weighted by Gasteiger charge is -2.07. The van der Waals surface area contributed by atoms with Crippen molar-refractivity contribution < 1.29 is 4.79 Å². The van der Waals surface area contributed by atoms with Crippen LogP contribution in [0.15, 0.2) is 67.4 Å². The van der Waals surface area contributed by atoms with Crippen molar-refractivity contribution in [2.45, 2.75) is 26.2 Å². The number of nitrogens with one attached hydrogen (secondary N) is 3. The molecule has 6 rings (SSSR count). The lowest BCUT2D eigenvalue weighted by atomic mass is 10.1. The van der Waals surface area contributed by atoms with Gasteiger partial charge in [-0.25, -0.2) is 9.97 Å². The van der Waals surface area contributed by atoms with Gasteiger partial charge in [0.2, 0.25) is 5.91 Å². The van der Waals surface area contributed by atoms with Gasteiger partial charge in [0.15, 0.2) is 11.5 Å². The summed E-state index contributed by atoms with van der Waals surface area (Å²) in [6.07, 6.45) is 10.9. The van der Waals surface area contributed by atoms with E-state index in [4.69, 9.17) is 4.98 Å². The highest BCUT2D eigenvalue weighted by atomic mass is 16.1. The molecule has 0 aromatic carbocycles. The fourth-order valence-electron chi connectivity index (χ4n) is 4.22. The summed E-state index contributed by atoms with van der Waals surface area (Å²) in [7, 11) is 0. The Hall–Kier alpha value is -4.99. The number of nitrogens with zero attached hydrogens (tertiary/aromatic N) is 6. The number of imidazole rings is 1. The summed E-state index contributed by atoms with van der Waals surface area (Å²) in [5.41, 5.74) is 6.67. The SMILES string of the molecule is CCCCC(=O)Nc1cncc(-c2cc3c(-c4nc5nccc(-c6ccccn6)c5[nH]4)n[nH]c3cn2)c1. The van der Waals surface area contributed by atoms with Crippen LogP contribution in [-0.4, -0.2) is 46.0 Å². The first-order valence-electron chi connectivity index (χ1n) is 12.1. The molecule has 0 saturated carbocycles. The van der Waals surface area contributed by atoms with Gasteiger partial charge in [-0.2, -0.15) is 5.10 Å². The lowest BCUT2D eigenvalue weighted by Crippen LogP contribution is -2.11. The third-order valence-electron chi connectivity index (χ3n) is 6.08. The quantitative estimate of drug-likeness (QED) is 0.282. The zero-order valence-electron chi connectivity index (χ0n) is 20.1. The maximum absolute atomic E-state index is 12.2. The first-order valence-corrected chi connectivity index (χ1v) is 12.1. The molecule has 10 heteroatoms. The maximum atomic E-state index is 12.2. The molecule has 0 saturated heterocycles. The summed E-state index contributed by atoms with van der Waals surface area (Å²) in [6, 6.07) is 11.5. The van der Waals surface area contributed by atoms with E-state index in [1.165, 1.54) is 0 Å². The summed E-state index contributed by atoms with van der Waals surface area (Å²) in [4.78, 5) is 38.0. The van der Waals surface area contributed by atoms with Crippen molar-refractivity contribution >= 4 is 33.7 Å².